The van der Waals surface area contributed by atoms with Gasteiger partial charge in [0.05, 0.1) is 30.5 Å². The van der Waals surface area contributed by atoms with E-state index < -0.39 is 0 Å². The first-order valence-corrected chi connectivity index (χ1v) is 9.50. The summed E-state index contributed by atoms with van der Waals surface area (Å²) in [5.41, 5.74) is 2.58. The van der Waals surface area contributed by atoms with Crippen LogP contribution in [0.3, 0.4) is 0 Å². The van der Waals surface area contributed by atoms with Crippen LogP contribution in [-0.2, 0) is 11.3 Å². The molecule has 2 aromatic rings. The summed E-state index contributed by atoms with van der Waals surface area (Å²) in [6, 6.07) is 17.1. The summed E-state index contributed by atoms with van der Waals surface area (Å²) in [6.07, 6.45) is 0. The fraction of sp³-hybridized carbons (Fsp3) is 0.364. The third kappa shape index (κ3) is 4.89. The van der Waals surface area contributed by atoms with Crippen molar-refractivity contribution in [1.29, 1.82) is 5.26 Å². The van der Waals surface area contributed by atoms with Gasteiger partial charge in [-0.3, -0.25) is 14.6 Å². The van der Waals surface area contributed by atoms with Gasteiger partial charge in [0.15, 0.2) is 0 Å². The number of nitrogens with one attached hydrogen (secondary N) is 1. The van der Waals surface area contributed by atoms with Gasteiger partial charge in [-0.25, -0.2) is 0 Å². The Kier molecular flexibility index (Phi) is 6.64. The molecule has 0 aliphatic carbocycles. The van der Waals surface area contributed by atoms with E-state index in [1.54, 1.807) is 7.11 Å². The molecule has 1 heterocycles. The van der Waals surface area contributed by atoms with Crippen molar-refractivity contribution in [3.05, 3.63) is 59.7 Å². The normalized spacial score (nSPS) is 16.2. The second-order valence-electron chi connectivity index (χ2n) is 6.99. The molecule has 1 atom stereocenters. The number of nitrogens with zero attached hydrogens (tertiary/aromatic N) is 3. The Hall–Kier alpha value is -2.88. The number of nitriles is 1. The Balaban J connectivity index is 1.50. The minimum Gasteiger partial charge on any atom is -0.495 e. The molecule has 1 N–H and O–H groups in total. The number of hydrogen-bond acceptors (Lipinski definition) is 5. The number of anilines is 1. The van der Waals surface area contributed by atoms with Gasteiger partial charge in [0.1, 0.15) is 5.75 Å². The number of amides is 1. The van der Waals surface area contributed by atoms with Gasteiger partial charge in [-0.1, -0.05) is 24.3 Å². The quantitative estimate of drug-likeness (QED) is 0.837. The maximum absolute atomic E-state index is 12.7. The van der Waals surface area contributed by atoms with Crippen LogP contribution in [0.1, 0.15) is 18.1 Å². The Labute approximate surface area is 166 Å². The fourth-order valence-electron chi connectivity index (χ4n) is 3.40. The van der Waals surface area contributed by atoms with Crippen LogP contribution in [0, 0.1) is 11.3 Å². The first kappa shape index (κ1) is 19.9. The molecule has 1 saturated heterocycles. The lowest BCUT2D eigenvalue weighted by molar-refractivity contribution is -0.121. The van der Waals surface area contributed by atoms with E-state index in [4.69, 9.17) is 10.00 Å². The third-order valence-corrected chi connectivity index (χ3v) is 5.19. The standard InChI is InChI=1S/C22H26N4O2/c1-17(22(27)24-20-5-3-4-6-21(20)28-2)26-13-11-25(12-14-26)16-19-9-7-18(15-23)8-10-19/h3-10,17H,11-14,16H2,1-2H3,(H,24,27). The zero-order valence-corrected chi connectivity index (χ0v) is 16.4. The minimum absolute atomic E-state index is 0.0231. The van der Waals surface area contributed by atoms with Crippen LogP contribution in [0.4, 0.5) is 5.69 Å². The van der Waals surface area contributed by atoms with E-state index in [1.165, 1.54) is 5.56 Å². The van der Waals surface area contributed by atoms with Crippen LogP contribution >= 0.6 is 0 Å². The molecule has 6 heteroatoms. The van der Waals surface area contributed by atoms with Crippen LogP contribution in [0.2, 0.25) is 0 Å². The zero-order chi connectivity index (χ0) is 19.9. The number of benzene rings is 2. The van der Waals surface area contributed by atoms with Crippen molar-refractivity contribution in [3.63, 3.8) is 0 Å². The van der Waals surface area contributed by atoms with Gasteiger partial charge in [-0.05, 0) is 36.8 Å². The molecule has 146 valence electrons. The zero-order valence-electron chi connectivity index (χ0n) is 16.4. The summed E-state index contributed by atoms with van der Waals surface area (Å²) >= 11 is 0. The highest BCUT2D eigenvalue weighted by atomic mass is 16.5. The molecule has 6 nitrogen and oxygen atoms in total. The summed E-state index contributed by atoms with van der Waals surface area (Å²) in [5.74, 6) is 0.639. The molecule has 1 amide bonds. The van der Waals surface area contributed by atoms with Crippen molar-refractivity contribution < 1.29 is 9.53 Å². The Morgan fingerprint density at radius 3 is 2.46 bits per heavy atom. The smallest absolute Gasteiger partial charge is 0.241 e. The summed E-state index contributed by atoms with van der Waals surface area (Å²) in [4.78, 5) is 17.3. The molecular weight excluding hydrogens is 352 g/mol. The number of methoxy groups -OCH3 is 1. The monoisotopic (exact) mass is 378 g/mol. The van der Waals surface area contributed by atoms with Crippen molar-refractivity contribution in [2.24, 2.45) is 0 Å². The van der Waals surface area contributed by atoms with Crippen molar-refractivity contribution in [2.45, 2.75) is 19.5 Å². The second kappa shape index (κ2) is 9.36. The predicted molar refractivity (Wildman–Crippen MR) is 109 cm³/mol. The number of para-hydroxylation sites is 2. The maximum Gasteiger partial charge on any atom is 0.241 e. The average Bonchev–Trinajstić information content (AvgIpc) is 2.74. The molecule has 0 radical (unpaired) electrons. The lowest BCUT2D eigenvalue weighted by atomic mass is 10.1. The molecule has 1 unspecified atom stereocenters. The van der Waals surface area contributed by atoms with Crippen LogP contribution in [0.5, 0.6) is 5.75 Å². The summed E-state index contributed by atoms with van der Waals surface area (Å²) in [7, 11) is 1.60. The van der Waals surface area contributed by atoms with Gasteiger partial charge in [-0.15, -0.1) is 0 Å². The largest absolute Gasteiger partial charge is 0.495 e. The van der Waals surface area contributed by atoms with Crippen LogP contribution in [0.15, 0.2) is 48.5 Å². The summed E-state index contributed by atoms with van der Waals surface area (Å²) < 4.78 is 5.30. The molecule has 0 bridgehead atoms. The SMILES string of the molecule is COc1ccccc1NC(=O)C(C)N1CCN(Cc2ccc(C#N)cc2)CC1. The molecule has 2 aromatic carbocycles. The molecular formula is C22H26N4O2. The van der Waals surface area contributed by atoms with E-state index in [0.717, 1.165) is 32.7 Å². The number of ether oxygens (including phenoxy) is 1. The molecule has 0 saturated carbocycles. The molecule has 1 aliphatic heterocycles. The van der Waals surface area contributed by atoms with Crippen molar-refractivity contribution in [2.75, 3.05) is 38.6 Å². The van der Waals surface area contributed by atoms with Crippen LogP contribution in [0.25, 0.3) is 0 Å². The van der Waals surface area contributed by atoms with E-state index in [9.17, 15) is 4.79 Å². The van der Waals surface area contributed by atoms with Crippen LogP contribution < -0.4 is 10.1 Å². The molecule has 28 heavy (non-hydrogen) atoms. The minimum atomic E-state index is -0.207. The van der Waals surface area contributed by atoms with Gasteiger partial charge in [0, 0.05) is 32.7 Å². The van der Waals surface area contributed by atoms with Gasteiger partial charge in [0.2, 0.25) is 5.91 Å². The first-order valence-electron chi connectivity index (χ1n) is 9.50. The Bertz CT molecular complexity index is 836. The highest BCUT2D eigenvalue weighted by Gasteiger charge is 2.26. The van der Waals surface area contributed by atoms with E-state index in [2.05, 4.69) is 21.2 Å². The topological polar surface area (TPSA) is 68.6 Å². The molecule has 0 spiro atoms. The molecule has 1 fully saturated rings. The summed E-state index contributed by atoms with van der Waals surface area (Å²) in [5, 5.41) is 11.9. The van der Waals surface area contributed by atoms with Gasteiger partial charge < -0.3 is 10.1 Å². The first-order chi connectivity index (χ1) is 13.6. The van der Waals surface area contributed by atoms with Crippen molar-refractivity contribution in [1.82, 2.24) is 9.80 Å². The van der Waals surface area contributed by atoms with E-state index in [0.29, 0.717) is 17.0 Å². The molecule has 3 rings (SSSR count). The number of carbonyl (C=O) groups excluding carboxylic acids is 1. The highest BCUT2D eigenvalue weighted by Crippen LogP contribution is 2.23. The van der Waals surface area contributed by atoms with Crippen molar-refractivity contribution >= 4 is 11.6 Å². The molecule has 0 aromatic heterocycles. The summed E-state index contributed by atoms with van der Waals surface area (Å²) in [6.45, 7) is 6.31. The van der Waals surface area contributed by atoms with Crippen molar-refractivity contribution in [3.8, 4) is 11.8 Å². The number of hydrogen-bond donors (Lipinski definition) is 1. The number of carbonyl (C=O) groups is 1. The third-order valence-electron chi connectivity index (χ3n) is 5.19. The second-order valence-corrected chi connectivity index (χ2v) is 6.99. The lowest BCUT2D eigenvalue weighted by Gasteiger charge is -2.37. The van der Waals surface area contributed by atoms with E-state index in [1.807, 2.05) is 55.5 Å². The van der Waals surface area contributed by atoms with Gasteiger partial charge in [0.25, 0.3) is 0 Å². The lowest BCUT2D eigenvalue weighted by Crippen LogP contribution is -2.52. The van der Waals surface area contributed by atoms with E-state index >= 15 is 0 Å². The highest BCUT2D eigenvalue weighted by molar-refractivity contribution is 5.95. The maximum atomic E-state index is 12.7. The number of rotatable bonds is 6. The van der Waals surface area contributed by atoms with Gasteiger partial charge in [-0.2, -0.15) is 5.26 Å². The predicted octanol–water partition coefficient (Wildman–Crippen LogP) is 2.71. The molecule has 1 aliphatic rings. The van der Waals surface area contributed by atoms with Gasteiger partial charge >= 0.3 is 0 Å². The number of piperazine rings is 1. The van der Waals surface area contributed by atoms with Crippen LogP contribution in [-0.4, -0.2) is 55.0 Å². The van der Waals surface area contributed by atoms with E-state index in [-0.39, 0.29) is 11.9 Å². The Morgan fingerprint density at radius 2 is 1.82 bits per heavy atom. The Morgan fingerprint density at radius 1 is 1.14 bits per heavy atom. The average molecular weight is 378 g/mol. The fourth-order valence-corrected chi connectivity index (χ4v) is 3.40.